The van der Waals surface area contributed by atoms with Crippen LogP contribution in [0.15, 0.2) is 130 Å². The Morgan fingerprint density at radius 1 is 0.841 bits per heavy atom. The third-order valence-electron chi connectivity index (χ3n) is 6.28. The molecule has 0 aliphatic heterocycles. The molecule has 0 radical (unpaired) electrons. The predicted molar refractivity (Wildman–Crippen MR) is 168 cm³/mol. The predicted octanol–water partition coefficient (Wildman–Crippen LogP) is 7.00. The number of aryl methyl sites for hydroxylation is 1. The molecule has 0 spiro atoms. The molecule has 10 heteroatoms. The zero-order valence-electron chi connectivity index (χ0n) is 23.5. The highest BCUT2D eigenvalue weighted by molar-refractivity contribution is 8.00. The third kappa shape index (κ3) is 8.08. The minimum atomic E-state index is -0.641. The molecule has 3 amide bonds. The number of hydrogen-bond acceptors (Lipinski definition) is 6. The van der Waals surface area contributed by atoms with Crippen LogP contribution < -0.4 is 16.0 Å². The van der Waals surface area contributed by atoms with E-state index in [4.69, 9.17) is 4.52 Å². The van der Waals surface area contributed by atoms with E-state index in [-0.39, 0.29) is 11.6 Å². The van der Waals surface area contributed by atoms with Gasteiger partial charge in [0.1, 0.15) is 22.5 Å². The first-order valence-electron chi connectivity index (χ1n) is 13.5. The van der Waals surface area contributed by atoms with Gasteiger partial charge < -0.3 is 20.5 Å². The summed E-state index contributed by atoms with van der Waals surface area (Å²) in [5.74, 6) is -0.892. The van der Waals surface area contributed by atoms with Crippen molar-refractivity contribution in [1.82, 2.24) is 10.5 Å². The summed E-state index contributed by atoms with van der Waals surface area (Å²) in [5, 5.41) is 11.5. The van der Waals surface area contributed by atoms with Crippen LogP contribution >= 0.6 is 11.8 Å². The van der Waals surface area contributed by atoms with E-state index < -0.39 is 22.9 Å². The van der Waals surface area contributed by atoms with E-state index in [1.807, 2.05) is 36.4 Å². The average Bonchev–Trinajstić information content (AvgIpc) is 3.45. The van der Waals surface area contributed by atoms with Gasteiger partial charge in [-0.1, -0.05) is 71.9 Å². The van der Waals surface area contributed by atoms with E-state index >= 15 is 0 Å². The molecular weight excluding hydrogens is 579 g/mol. The number of anilines is 2. The van der Waals surface area contributed by atoms with E-state index in [9.17, 15) is 18.8 Å². The van der Waals surface area contributed by atoms with E-state index in [1.165, 1.54) is 42.1 Å². The minimum absolute atomic E-state index is 0.0343. The second-order valence-electron chi connectivity index (χ2n) is 9.63. The Balaban J connectivity index is 1.37. The van der Waals surface area contributed by atoms with Crippen molar-refractivity contribution < 1.29 is 23.3 Å². The summed E-state index contributed by atoms with van der Waals surface area (Å²) in [6, 6.07) is 32.0. The molecule has 44 heavy (non-hydrogen) atoms. The van der Waals surface area contributed by atoms with Crippen LogP contribution in [-0.4, -0.2) is 22.9 Å². The van der Waals surface area contributed by atoms with Crippen molar-refractivity contribution in [3.63, 3.8) is 0 Å². The standard InChI is InChI=1S/C34H27FN4O4S/c1-22-19-30(39-43-22)38-34(42)31(24-9-4-2-5-10-24)44-28-14-8-13-27(21-28)36-33(41)29(20-23-15-17-26(35)18-16-23)37-32(40)25-11-6-3-7-12-25/h2-21,31H,1H3,(H,36,41)(H,37,40)(H,38,39,42)/b29-20-. The molecule has 5 aromatic rings. The summed E-state index contributed by atoms with van der Waals surface area (Å²) in [5.41, 5.74) is 2.08. The topological polar surface area (TPSA) is 113 Å². The largest absolute Gasteiger partial charge is 0.360 e. The molecule has 1 heterocycles. The number of nitrogens with zero attached hydrogens (tertiary/aromatic N) is 1. The molecule has 4 aromatic carbocycles. The zero-order valence-corrected chi connectivity index (χ0v) is 24.3. The van der Waals surface area contributed by atoms with Crippen LogP contribution in [0, 0.1) is 12.7 Å². The normalized spacial score (nSPS) is 11.8. The van der Waals surface area contributed by atoms with Crippen LogP contribution in [0.2, 0.25) is 0 Å². The maximum Gasteiger partial charge on any atom is 0.272 e. The molecule has 0 fully saturated rings. The molecule has 220 valence electrons. The lowest BCUT2D eigenvalue weighted by molar-refractivity contribution is -0.116. The molecule has 1 atom stereocenters. The lowest BCUT2D eigenvalue weighted by Gasteiger charge is -2.17. The lowest BCUT2D eigenvalue weighted by atomic mass is 10.1. The number of amides is 3. The molecule has 1 unspecified atom stereocenters. The first-order chi connectivity index (χ1) is 21.3. The summed E-state index contributed by atoms with van der Waals surface area (Å²) in [7, 11) is 0. The molecule has 3 N–H and O–H groups in total. The Hall–Kier alpha value is -5.48. The van der Waals surface area contributed by atoms with Gasteiger partial charge in [-0.05, 0) is 66.6 Å². The number of carbonyl (C=O) groups excluding carboxylic acids is 3. The lowest BCUT2D eigenvalue weighted by Crippen LogP contribution is -2.30. The number of hydrogen-bond donors (Lipinski definition) is 3. The number of nitrogens with one attached hydrogen (secondary N) is 3. The van der Waals surface area contributed by atoms with Crippen LogP contribution in [-0.2, 0) is 9.59 Å². The number of halogens is 1. The summed E-state index contributed by atoms with van der Waals surface area (Å²) in [6.45, 7) is 1.74. The fourth-order valence-electron chi connectivity index (χ4n) is 4.17. The van der Waals surface area contributed by atoms with Crippen molar-refractivity contribution >= 4 is 47.1 Å². The average molecular weight is 607 g/mol. The van der Waals surface area contributed by atoms with Crippen molar-refractivity contribution in [3.8, 4) is 0 Å². The second-order valence-corrected chi connectivity index (χ2v) is 10.8. The third-order valence-corrected chi connectivity index (χ3v) is 7.52. The minimum Gasteiger partial charge on any atom is -0.360 e. The van der Waals surface area contributed by atoms with Crippen LogP contribution in [0.1, 0.15) is 32.5 Å². The van der Waals surface area contributed by atoms with Crippen molar-refractivity contribution in [2.24, 2.45) is 0 Å². The number of benzene rings is 4. The molecule has 1 aromatic heterocycles. The van der Waals surface area contributed by atoms with Crippen LogP contribution in [0.4, 0.5) is 15.9 Å². The maximum absolute atomic E-state index is 13.5. The molecule has 0 aliphatic carbocycles. The number of aromatic nitrogens is 1. The van der Waals surface area contributed by atoms with Gasteiger partial charge in [0.2, 0.25) is 5.91 Å². The molecule has 8 nitrogen and oxygen atoms in total. The maximum atomic E-state index is 13.5. The molecule has 0 aliphatic rings. The zero-order chi connectivity index (χ0) is 30.9. The quantitative estimate of drug-likeness (QED) is 0.117. The Morgan fingerprint density at radius 2 is 1.55 bits per heavy atom. The molecular formula is C34H27FN4O4S. The first kappa shape index (κ1) is 30.0. The van der Waals surface area contributed by atoms with Crippen LogP contribution in [0.3, 0.4) is 0 Å². The SMILES string of the molecule is Cc1cc(NC(=O)C(Sc2cccc(NC(=O)/C(=C/c3ccc(F)cc3)NC(=O)c3ccccc3)c2)c2ccccc2)no1. The molecule has 0 saturated heterocycles. The highest BCUT2D eigenvalue weighted by atomic mass is 32.2. The van der Waals surface area contributed by atoms with Gasteiger partial charge in [-0.25, -0.2) is 4.39 Å². The Morgan fingerprint density at radius 3 is 2.23 bits per heavy atom. The fraction of sp³-hybridized carbons (Fsp3) is 0.0588. The number of thioether (sulfide) groups is 1. The van der Waals surface area contributed by atoms with Gasteiger partial charge in [0, 0.05) is 22.2 Å². The van der Waals surface area contributed by atoms with E-state index in [0.717, 1.165) is 5.56 Å². The van der Waals surface area contributed by atoms with E-state index in [2.05, 4.69) is 21.1 Å². The number of rotatable bonds is 10. The molecule has 0 saturated carbocycles. The van der Waals surface area contributed by atoms with E-state index in [0.29, 0.717) is 33.3 Å². The van der Waals surface area contributed by atoms with Gasteiger partial charge in [-0.15, -0.1) is 11.8 Å². The second kappa shape index (κ2) is 14.1. The molecule has 5 rings (SSSR count). The van der Waals surface area contributed by atoms with Gasteiger partial charge in [0.05, 0.1) is 0 Å². The summed E-state index contributed by atoms with van der Waals surface area (Å²) >= 11 is 1.30. The summed E-state index contributed by atoms with van der Waals surface area (Å²) in [4.78, 5) is 40.4. The van der Waals surface area contributed by atoms with Crippen molar-refractivity contribution in [2.75, 3.05) is 10.6 Å². The van der Waals surface area contributed by atoms with Gasteiger partial charge in [-0.3, -0.25) is 14.4 Å². The van der Waals surface area contributed by atoms with Gasteiger partial charge in [0.15, 0.2) is 5.82 Å². The van der Waals surface area contributed by atoms with Crippen LogP contribution in [0.25, 0.3) is 6.08 Å². The smallest absolute Gasteiger partial charge is 0.272 e. The Labute approximate surface area is 257 Å². The number of carbonyl (C=O) groups is 3. The van der Waals surface area contributed by atoms with E-state index in [1.54, 1.807) is 61.5 Å². The van der Waals surface area contributed by atoms with Gasteiger partial charge in [0.25, 0.3) is 11.8 Å². The van der Waals surface area contributed by atoms with Crippen molar-refractivity contribution in [1.29, 1.82) is 0 Å². The van der Waals surface area contributed by atoms with Crippen LogP contribution in [0.5, 0.6) is 0 Å². The molecule has 0 bridgehead atoms. The van der Waals surface area contributed by atoms with Gasteiger partial charge >= 0.3 is 0 Å². The monoisotopic (exact) mass is 606 g/mol. The highest BCUT2D eigenvalue weighted by Gasteiger charge is 2.23. The summed E-state index contributed by atoms with van der Waals surface area (Å²) in [6.07, 6.45) is 1.47. The first-order valence-corrected chi connectivity index (χ1v) is 14.4. The Kier molecular flexibility index (Phi) is 9.63. The highest BCUT2D eigenvalue weighted by Crippen LogP contribution is 2.37. The van der Waals surface area contributed by atoms with Gasteiger partial charge in [-0.2, -0.15) is 0 Å². The summed E-state index contributed by atoms with van der Waals surface area (Å²) < 4.78 is 18.6. The Bertz CT molecular complexity index is 1790. The van der Waals surface area contributed by atoms with Crippen molar-refractivity contribution in [3.05, 3.63) is 149 Å². The fourth-order valence-corrected chi connectivity index (χ4v) is 5.25. The van der Waals surface area contributed by atoms with Crippen molar-refractivity contribution in [2.45, 2.75) is 17.1 Å².